The zero-order chi connectivity index (χ0) is 22.9. The van der Waals surface area contributed by atoms with E-state index in [0.29, 0.717) is 16.8 Å². The highest BCUT2D eigenvalue weighted by atomic mass is 32.1. The molecule has 0 aromatic carbocycles. The average molecular weight is 446 g/mol. The Hall–Kier alpha value is -2.56. The lowest BCUT2D eigenvalue weighted by molar-refractivity contribution is -0.871. The molecule has 2 aromatic rings. The van der Waals surface area contributed by atoms with Crippen molar-refractivity contribution in [3.8, 4) is 11.8 Å². The molecule has 0 aliphatic carbocycles. The van der Waals surface area contributed by atoms with Gasteiger partial charge in [0.05, 0.1) is 45.0 Å². The number of carboxylic acids is 1. The van der Waals surface area contributed by atoms with Crippen molar-refractivity contribution in [1.29, 1.82) is 0 Å². The first-order chi connectivity index (χ1) is 14.7. The Bertz CT molecular complexity index is 927. The van der Waals surface area contributed by atoms with E-state index in [2.05, 4.69) is 30.1 Å². The van der Waals surface area contributed by atoms with Crippen LogP contribution in [-0.2, 0) is 11.2 Å². The minimum absolute atomic E-state index is 0.129. The Balaban J connectivity index is 1.96. The summed E-state index contributed by atoms with van der Waals surface area (Å²) in [5.41, 5.74) is 0. The van der Waals surface area contributed by atoms with Gasteiger partial charge in [-0.3, -0.25) is 9.59 Å². The highest BCUT2D eigenvalue weighted by Crippen LogP contribution is 2.19. The third-order valence-corrected chi connectivity index (χ3v) is 5.66. The Morgan fingerprint density at radius 1 is 1.13 bits per heavy atom. The van der Waals surface area contributed by atoms with Crippen molar-refractivity contribution in [2.24, 2.45) is 0 Å². The molecule has 1 amide bonds. The molecule has 0 spiro atoms. The second-order valence-electron chi connectivity index (χ2n) is 8.73. The van der Waals surface area contributed by atoms with Gasteiger partial charge in [0.2, 0.25) is 0 Å². The van der Waals surface area contributed by atoms with Crippen LogP contribution < -0.4 is 5.32 Å². The van der Waals surface area contributed by atoms with Gasteiger partial charge < -0.3 is 19.3 Å². The Morgan fingerprint density at radius 2 is 1.90 bits per heavy atom. The van der Waals surface area contributed by atoms with E-state index in [4.69, 9.17) is 9.52 Å². The molecule has 1 atom stereocenters. The molecular weight excluding hydrogens is 412 g/mol. The van der Waals surface area contributed by atoms with Crippen LogP contribution in [0.4, 0.5) is 0 Å². The smallest absolute Gasteiger partial charge is 0.305 e. The maximum atomic E-state index is 12.5. The molecule has 6 nitrogen and oxygen atoms in total. The maximum Gasteiger partial charge on any atom is 0.305 e. The average Bonchev–Trinajstić information content (AvgIpc) is 3.31. The van der Waals surface area contributed by atoms with Crippen molar-refractivity contribution < 1.29 is 23.6 Å². The molecule has 0 saturated carbocycles. The van der Waals surface area contributed by atoms with Gasteiger partial charge in [0, 0.05) is 4.88 Å². The molecule has 2 N–H and O–H groups in total. The summed E-state index contributed by atoms with van der Waals surface area (Å²) >= 11 is 1.69. The number of nitrogens with one attached hydrogen (secondary N) is 1. The van der Waals surface area contributed by atoms with E-state index in [9.17, 15) is 9.59 Å². The third-order valence-electron chi connectivity index (χ3n) is 4.60. The van der Waals surface area contributed by atoms with Crippen molar-refractivity contribution in [3.05, 3.63) is 45.5 Å². The predicted octanol–water partition coefficient (Wildman–Crippen LogP) is 4.14. The summed E-state index contributed by atoms with van der Waals surface area (Å²) in [5.74, 6) is 5.21. The number of hydrogen-bond acceptors (Lipinski definition) is 4. The fourth-order valence-electron chi connectivity index (χ4n) is 3.25. The van der Waals surface area contributed by atoms with Gasteiger partial charge >= 0.3 is 5.97 Å². The van der Waals surface area contributed by atoms with Crippen LogP contribution in [0.25, 0.3) is 0 Å². The zero-order valence-corrected chi connectivity index (χ0v) is 19.7. The first-order valence-corrected chi connectivity index (χ1v) is 11.5. The number of carbonyl (C=O) groups is 2. The van der Waals surface area contributed by atoms with Gasteiger partial charge in [-0.05, 0) is 48.9 Å². The lowest BCUT2D eigenvalue weighted by atomic mass is 10.1. The minimum atomic E-state index is -0.953. The molecule has 168 valence electrons. The van der Waals surface area contributed by atoms with Crippen molar-refractivity contribution in [2.45, 2.75) is 51.5 Å². The van der Waals surface area contributed by atoms with E-state index in [-0.39, 0.29) is 12.2 Å². The topological polar surface area (TPSA) is 79.5 Å². The summed E-state index contributed by atoms with van der Waals surface area (Å²) in [5, 5.41) is 11.9. The number of thiophene rings is 1. The van der Waals surface area contributed by atoms with Crippen molar-refractivity contribution >= 4 is 23.2 Å². The lowest BCUT2D eigenvalue weighted by Crippen LogP contribution is -2.49. The molecule has 0 aliphatic rings. The van der Waals surface area contributed by atoms with Gasteiger partial charge in [0.1, 0.15) is 0 Å². The van der Waals surface area contributed by atoms with Gasteiger partial charge in [0.25, 0.3) is 5.91 Å². The summed E-state index contributed by atoms with van der Waals surface area (Å²) in [6.07, 6.45) is 5.92. The molecule has 31 heavy (non-hydrogen) atoms. The minimum Gasteiger partial charge on any atom is -0.481 e. The predicted molar refractivity (Wildman–Crippen MR) is 123 cm³/mol. The molecule has 0 bridgehead atoms. The fraction of sp³-hybridized carbons (Fsp3) is 0.500. The van der Waals surface area contributed by atoms with Gasteiger partial charge in [-0.15, -0.1) is 11.3 Å². The normalized spacial score (nSPS) is 12.1. The SMILES string of the molecule is CCCCCCc1ccc(C#Cc2ccc(C(=O)NC(CC(=O)O)C[N+](C)(C)C)o2)s1. The Labute approximate surface area is 188 Å². The number of nitrogens with zero attached hydrogens (tertiary/aromatic N) is 1. The molecule has 0 fully saturated rings. The van der Waals surface area contributed by atoms with E-state index in [0.717, 1.165) is 11.3 Å². The molecule has 7 heteroatoms. The van der Waals surface area contributed by atoms with Gasteiger partial charge in [-0.25, -0.2) is 0 Å². The fourth-order valence-corrected chi connectivity index (χ4v) is 4.15. The number of likely N-dealkylation sites (N-methyl/N-ethyl adjacent to an activating group) is 1. The summed E-state index contributed by atoms with van der Waals surface area (Å²) in [7, 11) is 5.84. The number of quaternary nitrogens is 1. The van der Waals surface area contributed by atoms with Gasteiger partial charge in [-0.2, -0.15) is 0 Å². The second kappa shape index (κ2) is 11.7. The first kappa shape index (κ1) is 24.7. The highest BCUT2D eigenvalue weighted by Gasteiger charge is 2.24. The first-order valence-electron chi connectivity index (χ1n) is 10.7. The number of aryl methyl sites for hydroxylation is 1. The molecule has 2 rings (SSSR count). The van der Waals surface area contributed by atoms with E-state index in [1.54, 1.807) is 23.5 Å². The summed E-state index contributed by atoms with van der Waals surface area (Å²) < 4.78 is 6.10. The van der Waals surface area contributed by atoms with E-state index >= 15 is 0 Å². The van der Waals surface area contributed by atoms with Crippen LogP contribution in [0.5, 0.6) is 0 Å². The van der Waals surface area contributed by atoms with Crippen LogP contribution >= 0.6 is 11.3 Å². The Morgan fingerprint density at radius 3 is 2.58 bits per heavy atom. The largest absolute Gasteiger partial charge is 0.481 e. The van der Waals surface area contributed by atoms with E-state index in [1.807, 2.05) is 27.2 Å². The molecule has 0 aliphatic heterocycles. The summed E-state index contributed by atoms with van der Waals surface area (Å²) in [6, 6.07) is 6.87. The molecule has 2 heterocycles. The number of rotatable bonds is 11. The number of hydrogen-bond donors (Lipinski definition) is 2. The van der Waals surface area contributed by atoms with Crippen LogP contribution in [0, 0.1) is 11.8 Å². The number of amides is 1. The monoisotopic (exact) mass is 445 g/mol. The molecular formula is C24H33N2O4S+. The highest BCUT2D eigenvalue weighted by molar-refractivity contribution is 7.12. The van der Waals surface area contributed by atoms with Crippen LogP contribution in [0.1, 0.15) is 65.1 Å². The summed E-state index contributed by atoms with van der Waals surface area (Å²) in [6.45, 7) is 2.70. The zero-order valence-electron chi connectivity index (χ0n) is 18.9. The van der Waals surface area contributed by atoms with E-state index < -0.39 is 17.9 Å². The van der Waals surface area contributed by atoms with Crippen LogP contribution in [-0.4, -0.2) is 55.2 Å². The van der Waals surface area contributed by atoms with Gasteiger partial charge in [-0.1, -0.05) is 26.2 Å². The Kier molecular flexibility index (Phi) is 9.35. The number of carboxylic acid groups (broad SMARTS) is 1. The van der Waals surface area contributed by atoms with Crippen molar-refractivity contribution in [2.75, 3.05) is 27.7 Å². The number of aliphatic carboxylic acids is 1. The van der Waals surface area contributed by atoms with Crippen LogP contribution in [0.2, 0.25) is 0 Å². The number of unbranched alkanes of at least 4 members (excludes halogenated alkanes) is 3. The third kappa shape index (κ3) is 9.41. The lowest BCUT2D eigenvalue weighted by Gasteiger charge is -2.28. The van der Waals surface area contributed by atoms with Crippen molar-refractivity contribution in [3.63, 3.8) is 0 Å². The van der Waals surface area contributed by atoms with E-state index in [1.165, 1.54) is 30.6 Å². The molecule has 1 unspecified atom stereocenters. The number of furan rings is 1. The second-order valence-corrected chi connectivity index (χ2v) is 9.90. The van der Waals surface area contributed by atoms with Crippen LogP contribution in [0.3, 0.4) is 0 Å². The van der Waals surface area contributed by atoms with Crippen LogP contribution in [0.15, 0.2) is 28.7 Å². The number of carbonyl (C=O) groups excluding carboxylic acids is 1. The standard InChI is InChI=1S/C24H32N2O4S/c1-5-6-7-8-9-20-13-14-21(31-20)12-10-19-11-15-22(30-19)24(29)25-18(16-23(27)28)17-26(2,3)4/h11,13-15,18H,5-9,16-17H2,1-4H3,(H-,25,27,28,29)/p+1. The molecule has 2 aromatic heterocycles. The van der Waals surface area contributed by atoms with Gasteiger partial charge in [0.15, 0.2) is 11.5 Å². The molecule has 0 radical (unpaired) electrons. The quantitative estimate of drug-likeness (QED) is 0.309. The molecule has 0 saturated heterocycles. The summed E-state index contributed by atoms with van der Waals surface area (Å²) in [4.78, 5) is 25.9. The van der Waals surface area contributed by atoms with Crippen molar-refractivity contribution in [1.82, 2.24) is 5.32 Å². The maximum absolute atomic E-state index is 12.5.